The van der Waals surface area contributed by atoms with Crippen LogP contribution in [-0.4, -0.2) is 29.1 Å². The van der Waals surface area contributed by atoms with Crippen LogP contribution in [0.2, 0.25) is 0 Å². The van der Waals surface area contributed by atoms with Crippen molar-refractivity contribution in [1.29, 1.82) is 0 Å². The van der Waals surface area contributed by atoms with Gasteiger partial charge in [-0.05, 0) is 41.5 Å². The molecule has 0 saturated heterocycles. The molecule has 0 aliphatic heterocycles. The summed E-state index contributed by atoms with van der Waals surface area (Å²) in [6.45, 7) is 0. The van der Waals surface area contributed by atoms with Crippen LogP contribution < -0.4 is 0 Å². The molecule has 7 aromatic carbocycles. The van der Waals surface area contributed by atoms with Gasteiger partial charge in [-0.3, -0.25) is 4.57 Å². The minimum Gasteiger partial charge on any atom is -0.308 e. The third kappa shape index (κ3) is 4.35. The SMILES string of the molecule is c1ccc(-c2ccc(-c3nc(-n4c5ccccc5c5c6sc7ncncc7c6c6c(c7ccccc7n6-c6ccccc6)c54)nc4ccccc34)cc2)cc1. The zero-order valence-corrected chi connectivity index (χ0v) is 30.1. The van der Waals surface area contributed by atoms with Crippen molar-refractivity contribution in [3.05, 3.63) is 170 Å². The van der Waals surface area contributed by atoms with Gasteiger partial charge in [0.25, 0.3) is 0 Å². The molecule has 256 valence electrons. The summed E-state index contributed by atoms with van der Waals surface area (Å²) in [6.07, 6.45) is 3.62. The fraction of sp³-hybridized carbons (Fsp3) is 0. The molecule has 0 unspecified atom stereocenters. The quantitative estimate of drug-likeness (QED) is 0.182. The molecule has 5 aromatic heterocycles. The van der Waals surface area contributed by atoms with Gasteiger partial charge in [0.05, 0.1) is 33.3 Å². The fourth-order valence-electron chi connectivity index (χ4n) is 8.56. The molecule has 0 fully saturated rings. The van der Waals surface area contributed by atoms with Gasteiger partial charge in [-0.1, -0.05) is 127 Å². The maximum absolute atomic E-state index is 5.52. The fourth-order valence-corrected chi connectivity index (χ4v) is 9.74. The van der Waals surface area contributed by atoms with Gasteiger partial charge in [0.1, 0.15) is 11.2 Å². The summed E-state index contributed by atoms with van der Waals surface area (Å²) in [7, 11) is 0. The van der Waals surface area contributed by atoms with Crippen LogP contribution in [0.5, 0.6) is 0 Å². The standard InChI is InChI=1S/C48H28N6S/c1-3-13-29(14-4-1)30-23-25-31(26-24-30)43-33-17-7-10-20-37(33)51-48(52-43)54-39-22-12-9-19-35(39)41-45(54)40-34-18-8-11-21-38(34)53(32-15-5-2-6-16-32)44(40)42-36-27-49-28-50-47(36)55-46(41)42/h1-28H. The van der Waals surface area contributed by atoms with Gasteiger partial charge in [-0.15, -0.1) is 11.3 Å². The van der Waals surface area contributed by atoms with Crippen LogP contribution in [0.3, 0.4) is 0 Å². The van der Waals surface area contributed by atoms with E-state index in [2.05, 4.69) is 166 Å². The van der Waals surface area contributed by atoms with E-state index in [-0.39, 0.29) is 0 Å². The van der Waals surface area contributed by atoms with E-state index in [9.17, 15) is 0 Å². The van der Waals surface area contributed by atoms with Gasteiger partial charge in [-0.25, -0.2) is 19.9 Å². The monoisotopic (exact) mass is 720 g/mol. The second-order valence-corrected chi connectivity index (χ2v) is 14.9. The molecule has 0 amide bonds. The zero-order valence-electron chi connectivity index (χ0n) is 29.3. The maximum atomic E-state index is 5.52. The number of rotatable bonds is 4. The van der Waals surface area contributed by atoms with Crippen LogP contribution in [0.25, 0.3) is 109 Å². The number of aromatic nitrogens is 6. The lowest BCUT2D eigenvalue weighted by molar-refractivity contribution is 1.02. The molecule has 0 atom stereocenters. The van der Waals surface area contributed by atoms with Crippen LogP contribution in [0.15, 0.2) is 170 Å². The van der Waals surface area contributed by atoms with Gasteiger partial charge < -0.3 is 4.57 Å². The van der Waals surface area contributed by atoms with E-state index in [0.717, 1.165) is 81.7 Å². The second-order valence-electron chi connectivity index (χ2n) is 13.9. The normalized spacial score (nSPS) is 12.0. The number of thiophene rings is 1. The molecule has 0 aliphatic carbocycles. The summed E-state index contributed by atoms with van der Waals surface area (Å²) in [5, 5.41) is 7.83. The Morgan fingerprint density at radius 3 is 1.82 bits per heavy atom. The first-order valence-corrected chi connectivity index (χ1v) is 19.1. The van der Waals surface area contributed by atoms with Crippen molar-refractivity contribution in [3.63, 3.8) is 0 Å². The summed E-state index contributed by atoms with van der Waals surface area (Å²) in [5.41, 5.74) is 10.6. The van der Waals surface area contributed by atoms with Gasteiger partial charge in [0.2, 0.25) is 5.95 Å². The Hall–Kier alpha value is -7.22. The lowest BCUT2D eigenvalue weighted by Gasteiger charge is -2.13. The number of hydrogen-bond acceptors (Lipinski definition) is 5. The average Bonchev–Trinajstić information content (AvgIpc) is 3.92. The van der Waals surface area contributed by atoms with Crippen molar-refractivity contribution in [2.75, 3.05) is 0 Å². The van der Waals surface area contributed by atoms with E-state index in [4.69, 9.17) is 15.0 Å². The van der Waals surface area contributed by atoms with E-state index >= 15 is 0 Å². The molecular formula is C48H28N6S. The molecule has 0 bridgehead atoms. The van der Waals surface area contributed by atoms with Gasteiger partial charge in [-0.2, -0.15) is 0 Å². The Bertz CT molecular complexity index is 3470. The molecule has 12 rings (SSSR count). The van der Waals surface area contributed by atoms with Gasteiger partial charge in [0, 0.05) is 59.9 Å². The number of nitrogens with zero attached hydrogens (tertiary/aromatic N) is 6. The van der Waals surface area contributed by atoms with Crippen LogP contribution in [0.1, 0.15) is 0 Å². The molecule has 6 nitrogen and oxygen atoms in total. The lowest BCUT2D eigenvalue weighted by Crippen LogP contribution is -2.04. The third-order valence-electron chi connectivity index (χ3n) is 10.9. The van der Waals surface area contributed by atoms with E-state index in [1.165, 1.54) is 21.2 Å². The number of para-hydroxylation sites is 4. The first-order chi connectivity index (χ1) is 27.3. The van der Waals surface area contributed by atoms with Crippen molar-refractivity contribution in [1.82, 2.24) is 29.1 Å². The Labute approximate surface area is 318 Å². The molecule has 0 saturated carbocycles. The Morgan fingerprint density at radius 1 is 0.455 bits per heavy atom. The van der Waals surface area contributed by atoms with Crippen molar-refractivity contribution < 1.29 is 0 Å². The first kappa shape index (κ1) is 30.3. The summed E-state index contributed by atoms with van der Waals surface area (Å²) < 4.78 is 5.89. The number of hydrogen-bond donors (Lipinski definition) is 0. The number of benzene rings is 7. The summed E-state index contributed by atoms with van der Waals surface area (Å²) in [4.78, 5) is 21.2. The van der Waals surface area contributed by atoms with E-state index < -0.39 is 0 Å². The molecule has 0 aliphatic rings. The Balaban J connectivity index is 1.26. The molecule has 0 spiro atoms. The lowest BCUT2D eigenvalue weighted by atomic mass is 10.0. The predicted octanol–water partition coefficient (Wildman–Crippen LogP) is 12.3. The summed E-state index contributed by atoms with van der Waals surface area (Å²) in [6, 6.07) is 55.6. The van der Waals surface area contributed by atoms with Crippen molar-refractivity contribution in [2.45, 2.75) is 0 Å². The molecule has 0 N–H and O–H groups in total. The highest BCUT2D eigenvalue weighted by molar-refractivity contribution is 7.26. The molecule has 55 heavy (non-hydrogen) atoms. The highest BCUT2D eigenvalue weighted by Crippen LogP contribution is 2.50. The van der Waals surface area contributed by atoms with E-state index in [1.54, 1.807) is 17.7 Å². The van der Waals surface area contributed by atoms with Crippen LogP contribution in [0.4, 0.5) is 0 Å². The van der Waals surface area contributed by atoms with Crippen LogP contribution in [0, 0.1) is 0 Å². The van der Waals surface area contributed by atoms with Crippen LogP contribution >= 0.6 is 11.3 Å². The van der Waals surface area contributed by atoms with Crippen molar-refractivity contribution in [3.8, 4) is 34.0 Å². The van der Waals surface area contributed by atoms with E-state index in [0.29, 0.717) is 5.95 Å². The van der Waals surface area contributed by atoms with Crippen molar-refractivity contribution >= 4 is 86.2 Å². The largest absolute Gasteiger partial charge is 0.308 e. The number of fused-ring (bicyclic) bond motifs is 13. The minimum atomic E-state index is 0.630. The van der Waals surface area contributed by atoms with E-state index in [1.807, 2.05) is 12.3 Å². The third-order valence-corrected chi connectivity index (χ3v) is 12.0. The van der Waals surface area contributed by atoms with Gasteiger partial charge in [0.15, 0.2) is 0 Å². The second kappa shape index (κ2) is 11.6. The molecule has 5 heterocycles. The maximum Gasteiger partial charge on any atom is 0.235 e. The van der Waals surface area contributed by atoms with Crippen LogP contribution in [-0.2, 0) is 0 Å². The molecule has 0 radical (unpaired) electrons. The Morgan fingerprint density at radius 2 is 1.04 bits per heavy atom. The predicted molar refractivity (Wildman–Crippen MR) is 228 cm³/mol. The highest BCUT2D eigenvalue weighted by atomic mass is 32.1. The van der Waals surface area contributed by atoms with Crippen molar-refractivity contribution in [2.24, 2.45) is 0 Å². The minimum absolute atomic E-state index is 0.630. The molecule has 12 aromatic rings. The summed E-state index contributed by atoms with van der Waals surface area (Å²) in [5.74, 6) is 0.630. The highest BCUT2D eigenvalue weighted by Gasteiger charge is 2.28. The zero-order chi connectivity index (χ0) is 36.0. The first-order valence-electron chi connectivity index (χ1n) is 18.3. The summed E-state index contributed by atoms with van der Waals surface area (Å²) >= 11 is 1.73. The van der Waals surface area contributed by atoms with Gasteiger partial charge >= 0.3 is 0 Å². The topological polar surface area (TPSA) is 61.4 Å². The average molecular weight is 721 g/mol. The molecule has 7 heteroatoms. The smallest absolute Gasteiger partial charge is 0.235 e. The molecular weight excluding hydrogens is 693 g/mol. The Kier molecular flexibility index (Phi) is 6.40.